The van der Waals surface area contributed by atoms with E-state index in [2.05, 4.69) is 169 Å². The molecule has 1 aromatic heterocycles. The summed E-state index contributed by atoms with van der Waals surface area (Å²) in [5, 5.41) is 5.07. The number of aliphatic imine (C=N–C) groups is 1. The third-order valence-electron chi connectivity index (χ3n) is 10.3. The molecule has 0 radical (unpaired) electrons. The van der Waals surface area contributed by atoms with Gasteiger partial charge in [0.1, 0.15) is 6.17 Å². The second-order valence-electron chi connectivity index (χ2n) is 13.2. The van der Waals surface area contributed by atoms with Gasteiger partial charge in [-0.15, -0.1) is 0 Å². The highest BCUT2D eigenvalue weighted by molar-refractivity contribution is 6.13. The summed E-state index contributed by atoms with van der Waals surface area (Å²) in [4.78, 5) is 5.20. The molecule has 5 aromatic carbocycles. The summed E-state index contributed by atoms with van der Waals surface area (Å²) in [7, 11) is 0. The first-order valence-electron chi connectivity index (χ1n) is 16.3. The summed E-state index contributed by atoms with van der Waals surface area (Å²) in [5.74, 6) is 0.432. The number of hydrogen-bond acceptors (Lipinski definition) is 2. The van der Waals surface area contributed by atoms with E-state index in [1.54, 1.807) is 0 Å². The Balaban J connectivity index is 1.13. The maximum Gasteiger partial charge on any atom is 0.145 e. The van der Waals surface area contributed by atoms with Gasteiger partial charge in [0.25, 0.3) is 0 Å². The van der Waals surface area contributed by atoms with Crippen molar-refractivity contribution in [2.75, 3.05) is 0 Å². The van der Waals surface area contributed by atoms with E-state index in [0.717, 1.165) is 34.5 Å². The first-order chi connectivity index (χ1) is 22.6. The zero-order valence-corrected chi connectivity index (χ0v) is 26.1. The molecule has 0 amide bonds. The van der Waals surface area contributed by atoms with Gasteiger partial charge >= 0.3 is 0 Å². The second kappa shape index (κ2) is 10.3. The largest absolute Gasteiger partial charge is 0.360 e. The Kier molecular flexibility index (Phi) is 6.04. The quantitative estimate of drug-likeness (QED) is 0.217. The van der Waals surface area contributed by atoms with Gasteiger partial charge in [-0.25, -0.2) is 0 Å². The Bertz CT molecular complexity index is 2210. The molecule has 2 heterocycles. The number of rotatable bonds is 4. The van der Waals surface area contributed by atoms with Gasteiger partial charge in [0, 0.05) is 28.1 Å². The van der Waals surface area contributed by atoms with E-state index in [-0.39, 0.29) is 11.6 Å². The zero-order chi connectivity index (χ0) is 30.8. The van der Waals surface area contributed by atoms with Crippen molar-refractivity contribution in [2.45, 2.75) is 37.8 Å². The fourth-order valence-electron chi connectivity index (χ4n) is 8.00. The lowest BCUT2D eigenvalue weighted by Gasteiger charge is -2.28. The molecule has 0 saturated heterocycles. The summed E-state index contributed by atoms with van der Waals surface area (Å²) in [6.45, 7) is 4.79. The monoisotopic (exact) mass is 593 g/mol. The molecule has 1 N–H and O–H groups in total. The third-order valence-corrected chi connectivity index (χ3v) is 10.3. The van der Waals surface area contributed by atoms with Crippen molar-refractivity contribution in [3.63, 3.8) is 0 Å². The van der Waals surface area contributed by atoms with Crippen molar-refractivity contribution in [2.24, 2.45) is 4.99 Å². The Hall–Kier alpha value is -5.41. The predicted octanol–water partition coefficient (Wildman–Crippen LogP) is 9.78. The van der Waals surface area contributed by atoms with Gasteiger partial charge in [-0.2, -0.15) is 0 Å². The van der Waals surface area contributed by atoms with Crippen LogP contribution in [-0.4, -0.2) is 10.3 Å². The molecule has 2 aliphatic carbocycles. The van der Waals surface area contributed by atoms with Gasteiger partial charge in [-0.3, -0.25) is 4.99 Å². The molecule has 3 heteroatoms. The van der Waals surface area contributed by atoms with E-state index in [1.165, 1.54) is 44.5 Å². The maximum absolute atomic E-state index is 5.20. The van der Waals surface area contributed by atoms with Crippen LogP contribution in [0, 0.1) is 0 Å². The van der Waals surface area contributed by atoms with E-state index >= 15 is 0 Å². The molecule has 0 spiro atoms. The SMILES string of the molecule is CC1(C)C2=Cc3c(c4ccccc4n3-c3ccc(C4N=C(c5ccccc5)C=C(c5ccccc5)N4)cc3)CC2c2ccccc21. The minimum absolute atomic E-state index is 0.00911. The lowest BCUT2D eigenvalue weighted by atomic mass is 9.76. The van der Waals surface area contributed by atoms with Gasteiger partial charge < -0.3 is 9.88 Å². The van der Waals surface area contributed by atoms with E-state index in [9.17, 15) is 0 Å². The van der Waals surface area contributed by atoms with Crippen LogP contribution in [0.25, 0.3) is 28.4 Å². The predicted molar refractivity (Wildman–Crippen MR) is 190 cm³/mol. The van der Waals surface area contributed by atoms with Crippen molar-refractivity contribution >= 4 is 28.4 Å². The molecule has 0 bridgehead atoms. The minimum Gasteiger partial charge on any atom is -0.360 e. The lowest BCUT2D eigenvalue weighted by molar-refractivity contribution is 0.613. The van der Waals surface area contributed by atoms with Gasteiger partial charge in [-0.05, 0) is 70.2 Å². The highest BCUT2D eigenvalue weighted by Crippen LogP contribution is 2.55. The molecule has 2 unspecified atom stereocenters. The highest BCUT2D eigenvalue weighted by atomic mass is 15.1. The summed E-state index contributed by atoms with van der Waals surface area (Å²) in [6.07, 6.45) is 5.51. The standard InChI is InChI=1S/C43H35N3/c1-43(2)36-19-11-9-17-32(36)34-25-35-33-18-10-12-20-40(33)46(41(35)26-37(34)43)31-23-21-30(22-24-31)42-44-38(28-13-5-3-6-14-28)27-39(45-42)29-15-7-4-8-16-29/h3-24,26-27,34,42,44H,25H2,1-2H3. The molecule has 9 rings (SSSR count). The van der Waals surface area contributed by atoms with Gasteiger partial charge in [0.2, 0.25) is 0 Å². The van der Waals surface area contributed by atoms with Crippen LogP contribution in [-0.2, 0) is 11.8 Å². The minimum atomic E-state index is -0.194. The molecule has 222 valence electrons. The van der Waals surface area contributed by atoms with Gasteiger partial charge in [-0.1, -0.05) is 135 Å². The van der Waals surface area contributed by atoms with Crippen molar-refractivity contribution in [1.82, 2.24) is 9.88 Å². The highest BCUT2D eigenvalue weighted by Gasteiger charge is 2.44. The maximum atomic E-state index is 5.20. The van der Waals surface area contributed by atoms with Crippen molar-refractivity contribution < 1.29 is 0 Å². The van der Waals surface area contributed by atoms with Crippen molar-refractivity contribution in [3.05, 3.63) is 184 Å². The van der Waals surface area contributed by atoms with Gasteiger partial charge in [0.15, 0.2) is 0 Å². The van der Waals surface area contributed by atoms with Crippen LogP contribution in [0.4, 0.5) is 0 Å². The third kappa shape index (κ3) is 4.15. The number of benzene rings is 5. The topological polar surface area (TPSA) is 29.3 Å². The van der Waals surface area contributed by atoms with Gasteiger partial charge in [0.05, 0.1) is 16.9 Å². The number of para-hydroxylation sites is 1. The molecular weight excluding hydrogens is 558 g/mol. The molecule has 46 heavy (non-hydrogen) atoms. The summed E-state index contributed by atoms with van der Waals surface area (Å²) >= 11 is 0. The van der Waals surface area contributed by atoms with E-state index < -0.39 is 0 Å². The smallest absolute Gasteiger partial charge is 0.145 e. The Labute approximate surface area is 270 Å². The molecule has 0 saturated carbocycles. The number of fused-ring (bicyclic) bond motifs is 6. The van der Waals surface area contributed by atoms with Crippen LogP contribution in [0.2, 0.25) is 0 Å². The average Bonchev–Trinajstić information content (AvgIpc) is 3.56. The van der Waals surface area contributed by atoms with Crippen LogP contribution in [0.15, 0.2) is 150 Å². The van der Waals surface area contributed by atoms with E-state index in [1.807, 2.05) is 0 Å². The van der Waals surface area contributed by atoms with Crippen LogP contribution < -0.4 is 5.32 Å². The number of allylic oxidation sites excluding steroid dienone is 2. The van der Waals surface area contributed by atoms with Crippen LogP contribution in [0.3, 0.4) is 0 Å². The first-order valence-corrected chi connectivity index (χ1v) is 16.3. The molecule has 0 fully saturated rings. The zero-order valence-electron chi connectivity index (χ0n) is 26.1. The molecule has 1 aliphatic heterocycles. The Morgan fingerprint density at radius 1 is 0.696 bits per heavy atom. The van der Waals surface area contributed by atoms with Crippen LogP contribution in [0.5, 0.6) is 0 Å². The molecule has 6 aromatic rings. The van der Waals surface area contributed by atoms with Crippen molar-refractivity contribution in [1.29, 1.82) is 0 Å². The fourth-order valence-corrected chi connectivity index (χ4v) is 8.00. The second-order valence-corrected chi connectivity index (χ2v) is 13.2. The summed E-state index contributed by atoms with van der Waals surface area (Å²) < 4.78 is 2.47. The average molecular weight is 594 g/mol. The number of aromatic nitrogens is 1. The summed E-state index contributed by atoms with van der Waals surface area (Å²) in [5.41, 5.74) is 15.2. The normalized spacial score (nSPS) is 19.3. The number of nitrogens with zero attached hydrogens (tertiary/aromatic N) is 2. The number of hydrogen-bond donors (Lipinski definition) is 1. The number of nitrogens with one attached hydrogen (secondary N) is 1. The summed E-state index contributed by atoms with van der Waals surface area (Å²) in [6, 6.07) is 48.0. The van der Waals surface area contributed by atoms with Crippen LogP contribution >= 0.6 is 0 Å². The van der Waals surface area contributed by atoms with Crippen LogP contribution in [0.1, 0.15) is 65.0 Å². The Morgan fingerprint density at radius 3 is 2.15 bits per heavy atom. The Morgan fingerprint density at radius 2 is 1.37 bits per heavy atom. The lowest BCUT2D eigenvalue weighted by Crippen LogP contribution is -2.24. The molecular formula is C43H35N3. The molecule has 3 aliphatic rings. The fraction of sp³-hybridized carbons (Fsp3) is 0.140. The van der Waals surface area contributed by atoms with E-state index in [0.29, 0.717) is 5.92 Å². The molecule has 3 nitrogen and oxygen atoms in total. The first kappa shape index (κ1) is 26.9. The van der Waals surface area contributed by atoms with Crippen molar-refractivity contribution in [3.8, 4) is 5.69 Å². The molecule has 2 atom stereocenters. The van der Waals surface area contributed by atoms with E-state index in [4.69, 9.17) is 4.99 Å².